The highest BCUT2D eigenvalue weighted by Crippen LogP contribution is 2.24. The Morgan fingerprint density at radius 2 is 1.76 bits per heavy atom. The molecule has 0 saturated carbocycles. The van der Waals surface area contributed by atoms with E-state index in [1.165, 1.54) is 18.3 Å². The van der Waals surface area contributed by atoms with Crippen molar-refractivity contribution in [3.05, 3.63) is 82.1 Å². The summed E-state index contributed by atoms with van der Waals surface area (Å²) >= 11 is 0. The predicted octanol–water partition coefficient (Wildman–Crippen LogP) is 4.79. The Labute approximate surface area is 214 Å². The molecule has 1 aromatic heterocycles. The summed E-state index contributed by atoms with van der Waals surface area (Å²) in [6.45, 7) is 4.08. The average Bonchev–Trinajstić information content (AvgIpc) is 3.36. The topological polar surface area (TPSA) is 127 Å². The van der Waals surface area contributed by atoms with Crippen LogP contribution >= 0.6 is 0 Å². The molecule has 0 spiro atoms. The third-order valence-corrected chi connectivity index (χ3v) is 6.31. The zero-order valence-corrected chi connectivity index (χ0v) is 20.6. The number of nitrogens with zero attached hydrogens (tertiary/aromatic N) is 3. The summed E-state index contributed by atoms with van der Waals surface area (Å²) in [7, 11) is 0. The van der Waals surface area contributed by atoms with E-state index >= 15 is 0 Å². The number of nitro groups is 1. The minimum absolute atomic E-state index is 0.00499. The molecule has 1 fully saturated rings. The summed E-state index contributed by atoms with van der Waals surface area (Å²) in [6, 6.07) is 16.2. The van der Waals surface area contributed by atoms with Gasteiger partial charge in [0.2, 0.25) is 0 Å². The fourth-order valence-corrected chi connectivity index (χ4v) is 4.38. The molecule has 1 N–H and O–H groups in total. The molecule has 2 aromatic carbocycles. The Morgan fingerprint density at radius 1 is 1.08 bits per heavy atom. The van der Waals surface area contributed by atoms with Crippen LogP contribution < -0.4 is 10.2 Å². The van der Waals surface area contributed by atoms with Gasteiger partial charge in [-0.1, -0.05) is 0 Å². The molecule has 2 heterocycles. The van der Waals surface area contributed by atoms with E-state index in [-0.39, 0.29) is 30.3 Å². The van der Waals surface area contributed by atoms with Crippen molar-refractivity contribution in [1.82, 2.24) is 10.3 Å². The molecule has 3 aromatic rings. The van der Waals surface area contributed by atoms with Crippen LogP contribution in [0.1, 0.15) is 49.2 Å². The Morgan fingerprint density at radius 3 is 2.41 bits per heavy atom. The predicted molar refractivity (Wildman–Crippen MR) is 137 cm³/mol. The first kappa shape index (κ1) is 25.6. The highest BCUT2D eigenvalue weighted by Gasteiger charge is 2.29. The van der Waals surface area contributed by atoms with Crippen molar-refractivity contribution in [2.45, 2.75) is 45.2 Å². The minimum atomic E-state index is -0.467. The van der Waals surface area contributed by atoms with Crippen LogP contribution in [0.3, 0.4) is 0 Å². The maximum absolute atomic E-state index is 12.6. The molecule has 0 bridgehead atoms. The lowest BCUT2D eigenvalue weighted by molar-refractivity contribution is -0.384. The van der Waals surface area contributed by atoms with E-state index in [0.29, 0.717) is 28.4 Å². The van der Waals surface area contributed by atoms with Crippen LogP contribution in [0.2, 0.25) is 0 Å². The first-order valence-electron chi connectivity index (χ1n) is 12.0. The Bertz CT molecular complexity index is 1270. The van der Waals surface area contributed by atoms with Crippen LogP contribution in [0.4, 0.5) is 5.69 Å². The molecule has 2 amide bonds. The number of amides is 2. The molecule has 0 unspecified atom stereocenters. The summed E-state index contributed by atoms with van der Waals surface area (Å²) in [5, 5.41) is 14.7. The highest BCUT2D eigenvalue weighted by molar-refractivity contribution is 5.94. The Kier molecular flexibility index (Phi) is 7.97. The largest absolute Gasteiger partial charge is 0.484 e. The van der Waals surface area contributed by atoms with Gasteiger partial charge in [0.25, 0.3) is 17.5 Å². The fraction of sp³-hybridized carbons (Fsp3) is 0.296. The number of non-ortho nitro benzene ring substituents is 1. The van der Waals surface area contributed by atoms with Crippen molar-refractivity contribution in [1.29, 1.82) is 0 Å². The molecule has 1 aliphatic rings. The molecule has 10 heteroatoms. The number of carbonyl (C=O) groups excluding carboxylic acids is 2. The van der Waals surface area contributed by atoms with Crippen LogP contribution in [0, 0.1) is 10.1 Å². The third kappa shape index (κ3) is 6.40. The number of hydrogen-bond acceptors (Lipinski definition) is 7. The molecular formula is C27H28N4O6. The lowest BCUT2D eigenvalue weighted by Gasteiger charge is -2.38. The lowest BCUT2D eigenvalue weighted by atomic mass is 9.97. The number of nitro benzene ring substituents is 1. The molecule has 0 radical (unpaired) electrons. The van der Waals surface area contributed by atoms with Gasteiger partial charge in [0, 0.05) is 35.3 Å². The van der Waals surface area contributed by atoms with Crippen LogP contribution in [0.15, 0.2) is 70.2 Å². The standard InChI is InChI=1S/C27H28N4O6/c1-18-4-3-5-19(2)30(18)26(32)17-36-23-12-8-21(9-13-23)27(33)29-28-16-24-14-15-25(37-24)20-6-10-22(11-7-20)31(34)35/h6-16,18-19H,3-5,17H2,1-2H3,(H,29,33)/b28-16-/t18-,19-/m0/s1. The summed E-state index contributed by atoms with van der Waals surface area (Å²) in [5.41, 5.74) is 3.48. The fourth-order valence-electron chi connectivity index (χ4n) is 4.38. The van der Waals surface area contributed by atoms with E-state index < -0.39 is 10.8 Å². The van der Waals surface area contributed by atoms with Gasteiger partial charge in [-0.15, -0.1) is 0 Å². The van der Waals surface area contributed by atoms with Crippen LogP contribution in [-0.4, -0.2) is 46.5 Å². The van der Waals surface area contributed by atoms with Crippen LogP contribution in [0.5, 0.6) is 5.75 Å². The molecule has 4 rings (SSSR count). The number of likely N-dealkylation sites (tertiary alicyclic amines) is 1. The summed E-state index contributed by atoms with van der Waals surface area (Å²) in [4.78, 5) is 37.2. The molecular weight excluding hydrogens is 476 g/mol. The number of nitrogens with one attached hydrogen (secondary N) is 1. The minimum Gasteiger partial charge on any atom is -0.484 e. The zero-order chi connectivity index (χ0) is 26.4. The molecule has 10 nitrogen and oxygen atoms in total. The first-order chi connectivity index (χ1) is 17.8. The second-order valence-electron chi connectivity index (χ2n) is 8.95. The highest BCUT2D eigenvalue weighted by atomic mass is 16.6. The maximum atomic E-state index is 12.6. The summed E-state index contributed by atoms with van der Waals surface area (Å²) < 4.78 is 11.3. The molecule has 2 atom stereocenters. The maximum Gasteiger partial charge on any atom is 0.271 e. The van der Waals surface area contributed by atoms with Gasteiger partial charge in [0.15, 0.2) is 6.61 Å². The second kappa shape index (κ2) is 11.5. The monoisotopic (exact) mass is 504 g/mol. The first-order valence-corrected chi connectivity index (χ1v) is 12.0. The van der Waals surface area contributed by atoms with Crippen LogP contribution in [-0.2, 0) is 4.79 Å². The molecule has 192 valence electrons. The Balaban J connectivity index is 1.27. The SMILES string of the molecule is C[C@H]1CCC[C@H](C)N1C(=O)COc1ccc(C(=O)N/N=C\c2ccc(-c3ccc([N+](=O)[O-])cc3)o2)cc1. The number of ether oxygens (including phenoxy) is 1. The van der Waals surface area contributed by atoms with Gasteiger partial charge in [0.05, 0.1) is 11.1 Å². The quantitative estimate of drug-likeness (QED) is 0.267. The van der Waals surface area contributed by atoms with Gasteiger partial charge in [-0.05, 0) is 81.6 Å². The Hall–Kier alpha value is -4.47. The lowest BCUT2D eigenvalue weighted by Crippen LogP contribution is -2.49. The van der Waals surface area contributed by atoms with Crippen molar-refractivity contribution in [3.8, 4) is 17.1 Å². The van der Waals surface area contributed by atoms with E-state index in [0.717, 1.165) is 19.3 Å². The normalized spacial score (nSPS) is 17.5. The number of furan rings is 1. The van der Waals surface area contributed by atoms with Crippen LogP contribution in [0.25, 0.3) is 11.3 Å². The number of benzene rings is 2. The van der Waals surface area contributed by atoms with Gasteiger partial charge in [-0.3, -0.25) is 19.7 Å². The molecule has 1 aliphatic heterocycles. The smallest absolute Gasteiger partial charge is 0.271 e. The van der Waals surface area contributed by atoms with Gasteiger partial charge in [0.1, 0.15) is 17.3 Å². The number of hydrazone groups is 1. The van der Waals surface area contributed by atoms with E-state index in [4.69, 9.17) is 9.15 Å². The number of piperidine rings is 1. The van der Waals surface area contributed by atoms with Gasteiger partial charge >= 0.3 is 0 Å². The van der Waals surface area contributed by atoms with Crippen molar-refractivity contribution in [2.24, 2.45) is 5.10 Å². The third-order valence-electron chi connectivity index (χ3n) is 6.31. The van der Waals surface area contributed by atoms with E-state index in [9.17, 15) is 19.7 Å². The van der Waals surface area contributed by atoms with Crippen molar-refractivity contribution >= 4 is 23.7 Å². The van der Waals surface area contributed by atoms with Gasteiger partial charge < -0.3 is 14.1 Å². The molecule has 0 aliphatic carbocycles. The van der Waals surface area contributed by atoms with Crippen molar-refractivity contribution in [3.63, 3.8) is 0 Å². The van der Waals surface area contributed by atoms with Gasteiger partial charge in [-0.25, -0.2) is 5.43 Å². The number of carbonyl (C=O) groups is 2. The summed E-state index contributed by atoms with van der Waals surface area (Å²) in [6.07, 6.45) is 4.50. The van der Waals surface area contributed by atoms with E-state index in [1.54, 1.807) is 48.5 Å². The molecule has 37 heavy (non-hydrogen) atoms. The average molecular weight is 505 g/mol. The van der Waals surface area contributed by atoms with E-state index in [2.05, 4.69) is 24.4 Å². The zero-order valence-electron chi connectivity index (χ0n) is 20.6. The molecule has 1 saturated heterocycles. The number of rotatable bonds is 8. The number of hydrogen-bond donors (Lipinski definition) is 1. The summed E-state index contributed by atoms with van der Waals surface area (Å²) in [5.74, 6) is 0.961. The second-order valence-corrected chi connectivity index (χ2v) is 8.95. The van der Waals surface area contributed by atoms with Gasteiger partial charge in [-0.2, -0.15) is 5.10 Å². The van der Waals surface area contributed by atoms with Crippen molar-refractivity contribution < 1.29 is 23.7 Å². The van der Waals surface area contributed by atoms with Crippen molar-refractivity contribution in [2.75, 3.05) is 6.61 Å². The van der Waals surface area contributed by atoms with E-state index in [1.807, 2.05) is 4.90 Å².